The second kappa shape index (κ2) is 12.5. The highest BCUT2D eigenvalue weighted by Gasteiger charge is 2.46. The summed E-state index contributed by atoms with van der Waals surface area (Å²) in [6.45, 7) is 2.19. The van der Waals surface area contributed by atoms with Crippen molar-refractivity contribution in [3.63, 3.8) is 0 Å². The zero-order valence-corrected chi connectivity index (χ0v) is 21.7. The average Bonchev–Trinajstić information content (AvgIpc) is 2.89. The first kappa shape index (κ1) is 25.6. The lowest BCUT2D eigenvalue weighted by atomic mass is 10.1. The monoisotopic (exact) mass is 530 g/mol. The molecule has 0 aliphatic rings. The molecule has 0 amide bonds. The molecule has 0 aliphatic heterocycles. The third-order valence-electron chi connectivity index (χ3n) is 5.72. The molecule has 0 bridgehead atoms. The highest BCUT2D eigenvalue weighted by atomic mass is 79.9. The van der Waals surface area contributed by atoms with Gasteiger partial charge in [0, 0.05) is 11.6 Å². The lowest BCUT2D eigenvalue weighted by Gasteiger charge is -2.28. The fourth-order valence-electron chi connectivity index (χ4n) is 4.22. The Bertz CT molecular complexity index is 1100. The predicted octanol–water partition coefficient (Wildman–Crippen LogP) is 2.63. The van der Waals surface area contributed by atoms with Gasteiger partial charge in [-0.25, -0.2) is 4.79 Å². The van der Waals surface area contributed by atoms with E-state index in [1.54, 1.807) is 6.08 Å². The van der Waals surface area contributed by atoms with Crippen LogP contribution in [0.3, 0.4) is 0 Å². The molecular weight excluding hydrogens is 503 g/mol. The van der Waals surface area contributed by atoms with Gasteiger partial charge in [0.2, 0.25) is 0 Å². The Morgan fingerprint density at radius 1 is 0.676 bits per heavy atom. The number of carbonyl (C=O) groups is 1. The number of carbonyl (C=O) groups excluding carboxylic acids is 1. The Kier molecular flexibility index (Phi) is 9.39. The van der Waals surface area contributed by atoms with Crippen LogP contribution in [0.5, 0.6) is 0 Å². The first-order valence-corrected chi connectivity index (χ1v) is 13.2. The SMILES string of the molecule is CCOC(=O)/C=C(\C[P+](c1ccccc1)(c1ccccc1)c1ccccc1)c1ccccc1.[Br-]. The van der Waals surface area contributed by atoms with Gasteiger partial charge in [-0.05, 0) is 48.9 Å². The lowest BCUT2D eigenvalue weighted by molar-refractivity contribution is -0.137. The number of hydrogen-bond donors (Lipinski definition) is 0. The standard InChI is InChI=1S/C30H28O2P.BrH/c1-2-32-30(31)23-26(25-15-7-3-8-16-25)24-33(27-17-9-4-10-18-27,28-19-11-5-12-20-28)29-21-13-6-14-22-29;/h3-23H,2,24H2,1H3;1H/q+1;/p-1/b26-23+;. The van der Waals surface area contributed by atoms with Crippen molar-refractivity contribution in [3.8, 4) is 0 Å². The van der Waals surface area contributed by atoms with Crippen molar-refractivity contribution in [1.29, 1.82) is 0 Å². The van der Waals surface area contributed by atoms with Crippen LogP contribution >= 0.6 is 7.26 Å². The second-order valence-electron chi connectivity index (χ2n) is 7.76. The van der Waals surface area contributed by atoms with Gasteiger partial charge in [-0.1, -0.05) is 84.9 Å². The quantitative estimate of drug-likeness (QED) is 0.199. The maximum atomic E-state index is 12.6. The number of rotatable bonds is 8. The first-order chi connectivity index (χ1) is 16.2. The van der Waals surface area contributed by atoms with Gasteiger partial charge in [-0.2, -0.15) is 0 Å². The molecule has 0 unspecified atom stereocenters. The van der Waals surface area contributed by atoms with E-state index >= 15 is 0 Å². The number of benzene rings is 4. The molecule has 0 saturated heterocycles. The molecule has 0 atom stereocenters. The van der Waals surface area contributed by atoms with E-state index < -0.39 is 7.26 Å². The molecule has 0 spiro atoms. The first-order valence-electron chi connectivity index (χ1n) is 11.2. The van der Waals surface area contributed by atoms with Gasteiger partial charge in [-0.15, -0.1) is 0 Å². The second-order valence-corrected chi connectivity index (χ2v) is 11.2. The zero-order valence-electron chi connectivity index (χ0n) is 19.2. The van der Waals surface area contributed by atoms with Crippen LogP contribution in [-0.4, -0.2) is 18.7 Å². The Hall–Kier alpha value is -3.00. The van der Waals surface area contributed by atoms with Crippen LogP contribution in [0.4, 0.5) is 0 Å². The van der Waals surface area contributed by atoms with Crippen LogP contribution in [0.2, 0.25) is 0 Å². The third-order valence-corrected chi connectivity index (χ3v) is 10.1. The van der Waals surface area contributed by atoms with Gasteiger partial charge < -0.3 is 21.7 Å². The van der Waals surface area contributed by atoms with Crippen LogP contribution in [0.25, 0.3) is 5.57 Å². The molecule has 34 heavy (non-hydrogen) atoms. The zero-order chi connectivity index (χ0) is 22.9. The molecule has 2 nitrogen and oxygen atoms in total. The summed E-state index contributed by atoms with van der Waals surface area (Å²) in [5.41, 5.74) is 2.02. The Labute approximate surface area is 213 Å². The molecule has 172 valence electrons. The van der Waals surface area contributed by atoms with E-state index in [-0.39, 0.29) is 23.0 Å². The molecule has 0 saturated carbocycles. The van der Waals surface area contributed by atoms with Crippen molar-refractivity contribution in [2.24, 2.45) is 0 Å². The minimum absolute atomic E-state index is 0. The van der Waals surface area contributed by atoms with E-state index in [2.05, 4.69) is 103 Å². The number of hydrogen-bond acceptors (Lipinski definition) is 2. The van der Waals surface area contributed by atoms with Gasteiger partial charge >= 0.3 is 5.97 Å². The summed E-state index contributed by atoms with van der Waals surface area (Å²) in [4.78, 5) is 12.6. The maximum Gasteiger partial charge on any atom is 0.331 e. The van der Waals surface area contributed by atoms with E-state index in [0.29, 0.717) is 12.8 Å². The molecule has 0 aromatic heterocycles. The number of halogens is 1. The Morgan fingerprint density at radius 3 is 1.44 bits per heavy atom. The molecular formula is C30H28BrO2P. The van der Waals surface area contributed by atoms with Crippen molar-refractivity contribution < 1.29 is 26.5 Å². The van der Waals surface area contributed by atoms with Crippen molar-refractivity contribution >= 4 is 34.7 Å². The predicted molar refractivity (Wildman–Crippen MR) is 141 cm³/mol. The lowest BCUT2D eigenvalue weighted by Crippen LogP contribution is -3.00. The number of allylic oxidation sites excluding steroid dienone is 1. The average molecular weight is 531 g/mol. The van der Waals surface area contributed by atoms with Crippen molar-refractivity contribution in [2.45, 2.75) is 6.92 Å². The van der Waals surface area contributed by atoms with E-state index in [1.807, 2.05) is 25.1 Å². The van der Waals surface area contributed by atoms with E-state index in [9.17, 15) is 4.79 Å². The van der Waals surface area contributed by atoms with Crippen LogP contribution < -0.4 is 32.9 Å². The minimum atomic E-state index is -2.13. The van der Waals surface area contributed by atoms with E-state index in [0.717, 1.165) is 11.1 Å². The van der Waals surface area contributed by atoms with Crippen LogP contribution in [0.1, 0.15) is 12.5 Å². The van der Waals surface area contributed by atoms with Crippen molar-refractivity contribution in [3.05, 3.63) is 133 Å². The van der Waals surface area contributed by atoms with Gasteiger partial charge in [0.25, 0.3) is 0 Å². The van der Waals surface area contributed by atoms with Gasteiger partial charge in [0.1, 0.15) is 23.2 Å². The third kappa shape index (κ3) is 5.73. The van der Waals surface area contributed by atoms with Crippen LogP contribution in [0.15, 0.2) is 127 Å². The maximum absolute atomic E-state index is 12.6. The number of ether oxygens (including phenoxy) is 1. The van der Waals surface area contributed by atoms with Crippen molar-refractivity contribution in [2.75, 3.05) is 12.8 Å². The fourth-order valence-corrected chi connectivity index (χ4v) is 8.49. The summed E-state index contributed by atoms with van der Waals surface area (Å²) in [5.74, 6) is -0.302. The topological polar surface area (TPSA) is 26.3 Å². The van der Waals surface area contributed by atoms with Gasteiger partial charge in [0.15, 0.2) is 0 Å². The fraction of sp³-hybridized carbons (Fsp3) is 0.100. The van der Waals surface area contributed by atoms with Gasteiger partial charge in [-0.3, -0.25) is 0 Å². The molecule has 0 N–H and O–H groups in total. The largest absolute Gasteiger partial charge is 1.00 e. The molecule has 4 heteroatoms. The molecule has 0 aliphatic carbocycles. The summed E-state index contributed by atoms with van der Waals surface area (Å²) in [7, 11) is -2.13. The molecule has 0 fully saturated rings. The summed E-state index contributed by atoms with van der Waals surface area (Å²) >= 11 is 0. The molecule has 4 aromatic rings. The molecule has 0 heterocycles. The summed E-state index contributed by atoms with van der Waals surface area (Å²) in [5, 5.41) is 3.86. The highest BCUT2D eigenvalue weighted by molar-refractivity contribution is 7.96. The van der Waals surface area contributed by atoms with Crippen LogP contribution in [-0.2, 0) is 9.53 Å². The Balaban J connectivity index is 0.00000324. The summed E-state index contributed by atoms with van der Waals surface area (Å²) in [6, 6.07) is 42.3. The van der Waals surface area contributed by atoms with Crippen LogP contribution in [0, 0.1) is 0 Å². The molecule has 4 aromatic carbocycles. The normalized spacial score (nSPS) is 11.4. The smallest absolute Gasteiger partial charge is 0.331 e. The summed E-state index contributed by atoms with van der Waals surface area (Å²) < 4.78 is 5.32. The Morgan fingerprint density at radius 2 is 1.06 bits per heavy atom. The van der Waals surface area contributed by atoms with E-state index in [1.165, 1.54) is 15.9 Å². The van der Waals surface area contributed by atoms with Gasteiger partial charge in [0.05, 0.1) is 12.8 Å². The summed E-state index contributed by atoms with van der Waals surface area (Å²) in [6.07, 6.45) is 2.40. The minimum Gasteiger partial charge on any atom is -1.00 e. The number of esters is 1. The van der Waals surface area contributed by atoms with E-state index in [4.69, 9.17) is 4.74 Å². The highest BCUT2D eigenvalue weighted by Crippen LogP contribution is 2.57. The van der Waals surface area contributed by atoms with Crippen molar-refractivity contribution in [1.82, 2.24) is 0 Å². The molecule has 0 radical (unpaired) electrons. The molecule has 4 rings (SSSR count).